The molecule has 1 atom stereocenters. The van der Waals surface area contributed by atoms with Gasteiger partial charge in [-0.05, 0) is 60.9 Å². The van der Waals surface area contributed by atoms with Crippen LogP contribution in [0.1, 0.15) is 39.3 Å². The average molecular weight is 435 g/mol. The second kappa shape index (κ2) is 8.94. The van der Waals surface area contributed by atoms with Gasteiger partial charge in [-0.25, -0.2) is 4.39 Å². The summed E-state index contributed by atoms with van der Waals surface area (Å²) >= 11 is 1.49. The molecule has 0 bridgehead atoms. The molecule has 31 heavy (non-hydrogen) atoms. The molecule has 4 nitrogen and oxygen atoms in total. The Labute approximate surface area is 185 Å². The largest absolute Gasteiger partial charge is 0.322 e. The Kier molecular flexibility index (Phi) is 6.09. The van der Waals surface area contributed by atoms with E-state index in [0.717, 1.165) is 12.0 Å². The Morgan fingerprint density at radius 2 is 1.87 bits per heavy atom. The summed E-state index contributed by atoms with van der Waals surface area (Å²) in [5.41, 5.74) is 4.31. The summed E-state index contributed by atoms with van der Waals surface area (Å²) in [7, 11) is 0. The molecule has 4 rings (SSSR count). The first-order valence-electron chi connectivity index (χ1n) is 10.2. The number of rotatable bonds is 5. The maximum absolute atomic E-state index is 14.1. The van der Waals surface area contributed by atoms with Crippen molar-refractivity contribution < 1.29 is 14.0 Å². The molecule has 1 fully saturated rings. The first-order valence-corrected chi connectivity index (χ1v) is 11.2. The fourth-order valence-corrected chi connectivity index (χ4v) is 4.81. The number of nitrogens with one attached hydrogen (secondary N) is 1. The first-order chi connectivity index (χ1) is 15.0. The highest BCUT2D eigenvalue weighted by Gasteiger charge is 2.35. The fourth-order valence-electron chi connectivity index (χ4n) is 3.65. The number of halogens is 1. The molecule has 1 N–H and O–H groups in total. The van der Waals surface area contributed by atoms with Crippen molar-refractivity contribution in [3.8, 4) is 0 Å². The second-order valence-corrected chi connectivity index (χ2v) is 8.51. The van der Waals surface area contributed by atoms with E-state index in [0.29, 0.717) is 28.3 Å². The number of carbonyl (C=O) groups is 2. The van der Waals surface area contributed by atoms with E-state index in [-0.39, 0.29) is 23.0 Å². The number of hydrogen-bond donors (Lipinski definition) is 1. The number of benzene rings is 3. The fraction of sp³-hybridized carbons (Fsp3) is 0.200. The molecule has 1 unspecified atom stereocenters. The Bertz CT molecular complexity index is 1130. The van der Waals surface area contributed by atoms with Gasteiger partial charge in [-0.3, -0.25) is 14.5 Å². The van der Waals surface area contributed by atoms with E-state index < -0.39 is 0 Å². The van der Waals surface area contributed by atoms with E-state index in [4.69, 9.17) is 0 Å². The molecule has 6 heteroatoms. The molecule has 0 aromatic heterocycles. The number of nitrogens with zero attached hydrogens (tertiary/aromatic N) is 1. The van der Waals surface area contributed by atoms with Crippen LogP contribution in [0.5, 0.6) is 0 Å². The lowest BCUT2D eigenvalue weighted by molar-refractivity contribution is -0.115. The SMILES string of the molecule is CCc1ccc(C(=O)Nc2cccc(C3SCC(=O)N3c3cccc(F)c3C)c2)cc1. The van der Waals surface area contributed by atoms with Gasteiger partial charge in [0.1, 0.15) is 11.2 Å². The minimum absolute atomic E-state index is 0.0610. The summed E-state index contributed by atoms with van der Waals surface area (Å²) in [6.07, 6.45) is 0.920. The Morgan fingerprint density at radius 3 is 2.61 bits per heavy atom. The molecule has 0 saturated carbocycles. The summed E-state index contributed by atoms with van der Waals surface area (Å²) in [5.74, 6) is -0.265. The van der Waals surface area contributed by atoms with Crippen molar-refractivity contribution in [1.82, 2.24) is 0 Å². The van der Waals surface area contributed by atoms with E-state index in [1.165, 1.54) is 23.4 Å². The molecule has 1 aliphatic rings. The second-order valence-electron chi connectivity index (χ2n) is 7.44. The lowest BCUT2D eigenvalue weighted by Gasteiger charge is -2.26. The minimum atomic E-state index is -0.337. The molecule has 3 aromatic rings. The predicted octanol–water partition coefficient (Wildman–Crippen LogP) is 5.73. The summed E-state index contributed by atoms with van der Waals surface area (Å²) in [5, 5.41) is 2.65. The zero-order valence-electron chi connectivity index (χ0n) is 17.4. The molecule has 2 amide bonds. The standard InChI is InChI=1S/C25H23FN2O2S/c1-3-17-10-12-18(13-11-17)24(30)27-20-7-4-6-19(14-20)25-28(23(29)15-31-25)22-9-5-8-21(26)16(22)2/h4-14,25H,3,15H2,1-2H3,(H,27,30). The summed E-state index contributed by atoms with van der Waals surface area (Å²) in [6, 6.07) is 19.8. The van der Waals surface area contributed by atoms with Crippen molar-refractivity contribution in [2.45, 2.75) is 25.6 Å². The number of anilines is 2. The van der Waals surface area contributed by atoms with E-state index in [2.05, 4.69) is 12.2 Å². The number of carbonyl (C=O) groups excluding carboxylic acids is 2. The molecule has 1 heterocycles. The van der Waals surface area contributed by atoms with Gasteiger partial charge in [0.25, 0.3) is 5.91 Å². The third kappa shape index (κ3) is 4.35. The molecule has 0 aliphatic carbocycles. The molecule has 0 spiro atoms. The molecule has 3 aromatic carbocycles. The van der Waals surface area contributed by atoms with Gasteiger partial charge in [-0.2, -0.15) is 0 Å². The zero-order chi connectivity index (χ0) is 22.0. The van der Waals surface area contributed by atoms with Gasteiger partial charge in [0, 0.05) is 16.8 Å². The smallest absolute Gasteiger partial charge is 0.255 e. The van der Waals surface area contributed by atoms with Gasteiger partial charge < -0.3 is 5.32 Å². The van der Waals surface area contributed by atoms with Gasteiger partial charge in [0.15, 0.2) is 0 Å². The van der Waals surface area contributed by atoms with Gasteiger partial charge >= 0.3 is 0 Å². The maximum Gasteiger partial charge on any atom is 0.255 e. The Morgan fingerprint density at radius 1 is 1.13 bits per heavy atom. The van der Waals surface area contributed by atoms with E-state index in [1.807, 2.05) is 48.5 Å². The molecular formula is C25H23FN2O2S. The third-order valence-electron chi connectivity index (χ3n) is 5.42. The highest BCUT2D eigenvalue weighted by molar-refractivity contribution is 8.00. The van der Waals surface area contributed by atoms with Gasteiger partial charge in [0.2, 0.25) is 5.91 Å². The molecule has 0 radical (unpaired) electrons. The van der Waals surface area contributed by atoms with E-state index in [1.54, 1.807) is 24.0 Å². The van der Waals surface area contributed by atoms with Crippen LogP contribution in [0.15, 0.2) is 66.7 Å². The third-order valence-corrected chi connectivity index (χ3v) is 6.63. The molecule has 1 saturated heterocycles. The Balaban J connectivity index is 1.58. The van der Waals surface area contributed by atoms with Crippen LogP contribution in [-0.2, 0) is 11.2 Å². The topological polar surface area (TPSA) is 49.4 Å². The normalized spacial score (nSPS) is 15.9. The highest BCUT2D eigenvalue weighted by atomic mass is 32.2. The monoisotopic (exact) mass is 434 g/mol. The van der Waals surface area contributed by atoms with Crippen molar-refractivity contribution >= 4 is 35.0 Å². The summed E-state index contributed by atoms with van der Waals surface area (Å²) in [6.45, 7) is 3.75. The zero-order valence-corrected chi connectivity index (χ0v) is 18.2. The van der Waals surface area contributed by atoms with Crippen molar-refractivity contribution in [2.75, 3.05) is 16.0 Å². The van der Waals surface area contributed by atoms with Crippen molar-refractivity contribution in [3.63, 3.8) is 0 Å². The van der Waals surface area contributed by atoms with Gasteiger partial charge in [0.05, 0.1) is 11.4 Å². The minimum Gasteiger partial charge on any atom is -0.322 e. The van der Waals surface area contributed by atoms with Crippen molar-refractivity contribution in [2.24, 2.45) is 0 Å². The maximum atomic E-state index is 14.1. The van der Waals surface area contributed by atoms with Crippen molar-refractivity contribution in [3.05, 3.63) is 94.8 Å². The van der Waals surface area contributed by atoms with Crippen LogP contribution >= 0.6 is 11.8 Å². The van der Waals surface area contributed by atoms with Crippen LogP contribution in [0.4, 0.5) is 15.8 Å². The number of hydrogen-bond acceptors (Lipinski definition) is 3. The van der Waals surface area contributed by atoms with E-state index >= 15 is 0 Å². The summed E-state index contributed by atoms with van der Waals surface area (Å²) in [4.78, 5) is 26.9. The quantitative estimate of drug-likeness (QED) is 0.558. The van der Waals surface area contributed by atoms with Gasteiger partial charge in [-0.15, -0.1) is 11.8 Å². The van der Waals surface area contributed by atoms with Crippen LogP contribution in [-0.4, -0.2) is 17.6 Å². The predicted molar refractivity (Wildman–Crippen MR) is 124 cm³/mol. The van der Waals surface area contributed by atoms with Crippen LogP contribution in [0.3, 0.4) is 0 Å². The Hall–Kier alpha value is -3.12. The van der Waals surface area contributed by atoms with Crippen LogP contribution in [0.2, 0.25) is 0 Å². The van der Waals surface area contributed by atoms with Crippen molar-refractivity contribution in [1.29, 1.82) is 0 Å². The molecule has 158 valence electrons. The average Bonchev–Trinajstić information content (AvgIpc) is 3.17. The first kappa shape index (κ1) is 21.1. The van der Waals surface area contributed by atoms with Crippen LogP contribution < -0.4 is 10.2 Å². The lowest BCUT2D eigenvalue weighted by Crippen LogP contribution is -2.28. The lowest BCUT2D eigenvalue weighted by atomic mass is 10.1. The van der Waals surface area contributed by atoms with Crippen LogP contribution in [0.25, 0.3) is 0 Å². The summed E-state index contributed by atoms with van der Waals surface area (Å²) < 4.78 is 14.1. The number of amides is 2. The molecule has 1 aliphatic heterocycles. The van der Waals surface area contributed by atoms with E-state index in [9.17, 15) is 14.0 Å². The van der Waals surface area contributed by atoms with Crippen LogP contribution in [0, 0.1) is 12.7 Å². The number of aryl methyl sites for hydroxylation is 1. The highest BCUT2D eigenvalue weighted by Crippen LogP contribution is 2.43. The molecular weight excluding hydrogens is 411 g/mol. The number of thioether (sulfide) groups is 1. The van der Waals surface area contributed by atoms with Gasteiger partial charge in [-0.1, -0.05) is 37.3 Å².